The van der Waals surface area contributed by atoms with Crippen LogP contribution in [0.15, 0.2) is 0 Å². The fourth-order valence-corrected chi connectivity index (χ4v) is 2.11. The number of carbonyl (C=O) groups is 1. The first-order valence-electron chi connectivity index (χ1n) is 7.35. The molecule has 5 nitrogen and oxygen atoms in total. The SMILES string of the molecule is CCNC(C)(CCCN(CC)CCOCC)C(N)=O. The first kappa shape index (κ1) is 18.4. The van der Waals surface area contributed by atoms with Crippen LogP contribution >= 0.6 is 0 Å². The van der Waals surface area contributed by atoms with Gasteiger partial charge in [0.25, 0.3) is 0 Å². The fourth-order valence-electron chi connectivity index (χ4n) is 2.11. The molecule has 0 aromatic rings. The number of nitrogens with two attached hydrogens (primary N) is 1. The van der Waals surface area contributed by atoms with E-state index in [2.05, 4.69) is 17.1 Å². The Hall–Kier alpha value is -0.650. The number of hydrogen-bond donors (Lipinski definition) is 2. The highest BCUT2D eigenvalue weighted by atomic mass is 16.5. The van der Waals surface area contributed by atoms with Gasteiger partial charge in [0.15, 0.2) is 0 Å². The lowest BCUT2D eigenvalue weighted by molar-refractivity contribution is -0.124. The highest BCUT2D eigenvalue weighted by Gasteiger charge is 2.29. The van der Waals surface area contributed by atoms with Crippen molar-refractivity contribution in [2.45, 2.75) is 46.1 Å². The first-order chi connectivity index (χ1) is 9.00. The molecule has 1 unspecified atom stereocenters. The van der Waals surface area contributed by atoms with Crippen molar-refractivity contribution in [3.8, 4) is 0 Å². The number of nitrogens with zero attached hydrogens (tertiary/aromatic N) is 1. The van der Waals surface area contributed by atoms with E-state index in [-0.39, 0.29) is 5.91 Å². The molecule has 0 aromatic carbocycles. The van der Waals surface area contributed by atoms with Gasteiger partial charge in [-0.3, -0.25) is 4.79 Å². The Balaban J connectivity index is 4.04. The van der Waals surface area contributed by atoms with Gasteiger partial charge < -0.3 is 20.7 Å². The summed E-state index contributed by atoms with van der Waals surface area (Å²) >= 11 is 0. The topological polar surface area (TPSA) is 67.6 Å². The Kier molecular flexibility index (Phi) is 9.83. The molecule has 5 heteroatoms. The van der Waals surface area contributed by atoms with Crippen LogP contribution in [0, 0.1) is 0 Å². The van der Waals surface area contributed by atoms with Gasteiger partial charge in [-0.1, -0.05) is 13.8 Å². The number of rotatable bonds is 12. The molecule has 0 aromatic heterocycles. The van der Waals surface area contributed by atoms with Crippen molar-refractivity contribution in [3.05, 3.63) is 0 Å². The van der Waals surface area contributed by atoms with Crippen LogP contribution < -0.4 is 11.1 Å². The van der Waals surface area contributed by atoms with Crippen LogP contribution in [0.25, 0.3) is 0 Å². The van der Waals surface area contributed by atoms with Crippen LogP contribution in [0.1, 0.15) is 40.5 Å². The molecule has 0 fully saturated rings. The summed E-state index contributed by atoms with van der Waals surface area (Å²) in [5.74, 6) is -0.272. The number of carbonyl (C=O) groups excluding carboxylic acids is 1. The summed E-state index contributed by atoms with van der Waals surface area (Å²) < 4.78 is 5.36. The maximum atomic E-state index is 11.5. The number of nitrogens with one attached hydrogen (secondary N) is 1. The van der Waals surface area contributed by atoms with Crippen LogP contribution in [0.2, 0.25) is 0 Å². The number of amides is 1. The van der Waals surface area contributed by atoms with Crippen molar-refractivity contribution in [2.24, 2.45) is 5.73 Å². The summed E-state index contributed by atoms with van der Waals surface area (Å²) in [5, 5.41) is 3.18. The molecule has 0 heterocycles. The minimum absolute atomic E-state index is 0.272. The Labute approximate surface area is 117 Å². The smallest absolute Gasteiger partial charge is 0.237 e. The Morgan fingerprint density at radius 2 is 2.00 bits per heavy atom. The summed E-state index contributed by atoms with van der Waals surface area (Å²) in [6.45, 7) is 13.2. The summed E-state index contributed by atoms with van der Waals surface area (Å²) in [7, 11) is 0. The molecule has 114 valence electrons. The second-order valence-corrected chi connectivity index (χ2v) is 4.96. The van der Waals surface area contributed by atoms with Crippen molar-refractivity contribution >= 4 is 5.91 Å². The molecule has 0 bridgehead atoms. The molecular weight excluding hydrogens is 242 g/mol. The third kappa shape index (κ3) is 7.50. The van der Waals surface area contributed by atoms with E-state index in [0.717, 1.165) is 52.2 Å². The maximum absolute atomic E-state index is 11.5. The van der Waals surface area contributed by atoms with Gasteiger partial charge in [0.05, 0.1) is 12.1 Å². The predicted octanol–water partition coefficient (Wildman–Crippen LogP) is 0.979. The maximum Gasteiger partial charge on any atom is 0.237 e. The van der Waals surface area contributed by atoms with Gasteiger partial charge in [0, 0.05) is 13.2 Å². The molecule has 1 amide bonds. The predicted molar refractivity (Wildman–Crippen MR) is 79.1 cm³/mol. The van der Waals surface area contributed by atoms with Crippen LogP contribution in [0.5, 0.6) is 0 Å². The van der Waals surface area contributed by atoms with Crippen molar-refractivity contribution in [2.75, 3.05) is 39.4 Å². The lowest BCUT2D eigenvalue weighted by atomic mass is 9.94. The van der Waals surface area contributed by atoms with Crippen LogP contribution in [-0.4, -0.2) is 55.7 Å². The molecule has 0 aliphatic heterocycles. The lowest BCUT2D eigenvalue weighted by Crippen LogP contribution is -2.53. The van der Waals surface area contributed by atoms with Crippen molar-refractivity contribution in [1.29, 1.82) is 0 Å². The number of primary amides is 1. The van der Waals surface area contributed by atoms with E-state index < -0.39 is 5.54 Å². The van der Waals surface area contributed by atoms with Crippen LogP contribution in [-0.2, 0) is 9.53 Å². The molecular formula is C14H31N3O2. The quantitative estimate of drug-likeness (QED) is 0.520. The van der Waals surface area contributed by atoms with Gasteiger partial charge in [0.2, 0.25) is 5.91 Å². The standard InChI is InChI=1S/C14H31N3O2/c1-5-16-14(4,13(15)18)9-8-10-17(6-2)11-12-19-7-3/h16H,5-12H2,1-4H3,(H2,15,18). The van der Waals surface area contributed by atoms with Gasteiger partial charge in [-0.15, -0.1) is 0 Å². The van der Waals surface area contributed by atoms with E-state index in [4.69, 9.17) is 10.5 Å². The zero-order valence-electron chi connectivity index (χ0n) is 13.0. The van der Waals surface area contributed by atoms with E-state index in [1.165, 1.54) is 0 Å². The van der Waals surface area contributed by atoms with Gasteiger partial charge in [-0.25, -0.2) is 0 Å². The normalized spacial score (nSPS) is 14.6. The number of ether oxygens (including phenoxy) is 1. The molecule has 19 heavy (non-hydrogen) atoms. The fraction of sp³-hybridized carbons (Fsp3) is 0.929. The van der Waals surface area contributed by atoms with E-state index in [1.54, 1.807) is 0 Å². The molecule has 0 aliphatic rings. The summed E-state index contributed by atoms with van der Waals surface area (Å²) in [5.41, 5.74) is 4.88. The molecule has 3 N–H and O–H groups in total. The van der Waals surface area contributed by atoms with E-state index in [9.17, 15) is 4.79 Å². The molecule has 0 saturated carbocycles. The van der Waals surface area contributed by atoms with Gasteiger partial charge in [-0.2, -0.15) is 0 Å². The zero-order valence-corrected chi connectivity index (χ0v) is 13.0. The Bertz CT molecular complexity index is 249. The van der Waals surface area contributed by atoms with Gasteiger partial charge in [0.1, 0.15) is 0 Å². The highest BCUT2D eigenvalue weighted by Crippen LogP contribution is 2.12. The molecule has 0 saturated heterocycles. The monoisotopic (exact) mass is 273 g/mol. The van der Waals surface area contributed by atoms with E-state index >= 15 is 0 Å². The number of hydrogen-bond acceptors (Lipinski definition) is 4. The number of likely N-dealkylation sites (N-methyl/N-ethyl adjacent to an activating group) is 2. The van der Waals surface area contributed by atoms with Crippen molar-refractivity contribution in [1.82, 2.24) is 10.2 Å². The van der Waals surface area contributed by atoms with Crippen molar-refractivity contribution in [3.63, 3.8) is 0 Å². The second kappa shape index (κ2) is 10.2. The molecule has 1 atom stereocenters. The third-order valence-electron chi connectivity index (χ3n) is 3.47. The van der Waals surface area contributed by atoms with E-state index in [1.807, 2.05) is 20.8 Å². The third-order valence-corrected chi connectivity index (χ3v) is 3.47. The van der Waals surface area contributed by atoms with Gasteiger partial charge >= 0.3 is 0 Å². The minimum Gasteiger partial charge on any atom is -0.380 e. The molecule has 0 aliphatic carbocycles. The zero-order chi connectivity index (χ0) is 14.7. The molecule has 0 radical (unpaired) electrons. The average Bonchev–Trinajstić information content (AvgIpc) is 2.37. The molecule has 0 rings (SSSR count). The van der Waals surface area contributed by atoms with Crippen molar-refractivity contribution < 1.29 is 9.53 Å². The summed E-state index contributed by atoms with van der Waals surface area (Å²) in [6.07, 6.45) is 1.72. The van der Waals surface area contributed by atoms with Crippen LogP contribution in [0.3, 0.4) is 0 Å². The Morgan fingerprint density at radius 1 is 1.32 bits per heavy atom. The first-order valence-corrected chi connectivity index (χ1v) is 7.35. The largest absolute Gasteiger partial charge is 0.380 e. The summed E-state index contributed by atoms with van der Waals surface area (Å²) in [4.78, 5) is 13.8. The minimum atomic E-state index is -0.589. The second-order valence-electron chi connectivity index (χ2n) is 4.96. The van der Waals surface area contributed by atoms with Crippen LogP contribution in [0.4, 0.5) is 0 Å². The van der Waals surface area contributed by atoms with Gasteiger partial charge in [-0.05, 0) is 46.3 Å². The lowest BCUT2D eigenvalue weighted by Gasteiger charge is -2.28. The van der Waals surface area contributed by atoms with E-state index in [0.29, 0.717) is 0 Å². The molecule has 0 spiro atoms. The Morgan fingerprint density at radius 3 is 2.47 bits per heavy atom. The average molecular weight is 273 g/mol. The summed E-state index contributed by atoms with van der Waals surface area (Å²) in [6, 6.07) is 0. The highest BCUT2D eigenvalue weighted by molar-refractivity contribution is 5.84.